The highest BCUT2D eigenvalue weighted by atomic mass is 35.5. The molecule has 0 radical (unpaired) electrons. The molecule has 1 aromatic heterocycles. The summed E-state index contributed by atoms with van der Waals surface area (Å²) in [6.45, 7) is 3.90. The van der Waals surface area contributed by atoms with Gasteiger partial charge in [-0.1, -0.05) is 18.5 Å². The Bertz CT molecular complexity index is 630. The van der Waals surface area contributed by atoms with Crippen LogP contribution in [0.4, 0.5) is 10.8 Å². The summed E-state index contributed by atoms with van der Waals surface area (Å²) in [4.78, 5) is 15.5. The zero-order chi connectivity index (χ0) is 15.2. The predicted molar refractivity (Wildman–Crippen MR) is 86.1 cm³/mol. The average molecular weight is 326 g/mol. The molecule has 112 valence electrons. The number of halogens is 1. The molecule has 1 heterocycles. The van der Waals surface area contributed by atoms with Crippen LogP contribution < -0.4 is 10.6 Å². The van der Waals surface area contributed by atoms with E-state index in [2.05, 4.69) is 22.5 Å². The van der Waals surface area contributed by atoms with Crippen LogP contribution in [0.3, 0.4) is 0 Å². The molecule has 0 aliphatic carbocycles. The van der Waals surface area contributed by atoms with Gasteiger partial charge < -0.3 is 15.7 Å². The number of carboxylic acid groups (broad SMARTS) is 1. The summed E-state index contributed by atoms with van der Waals surface area (Å²) in [7, 11) is 0. The first kappa shape index (κ1) is 15.8. The first-order valence-electron chi connectivity index (χ1n) is 6.55. The third kappa shape index (κ3) is 4.42. The van der Waals surface area contributed by atoms with Crippen molar-refractivity contribution in [3.8, 4) is 0 Å². The van der Waals surface area contributed by atoms with Crippen LogP contribution in [0.5, 0.6) is 0 Å². The molecule has 3 N–H and O–H groups in total. The van der Waals surface area contributed by atoms with Gasteiger partial charge in [-0.3, -0.25) is 0 Å². The van der Waals surface area contributed by atoms with E-state index in [0.717, 1.165) is 30.3 Å². The summed E-state index contributed by atoms with van der Waals surface area (Å²) in [6, 6.07) is 4.80. The van der Waals surface area contributed by atoms with Gasteiger partial charge in [0.15, 0.2) is 5.13 Å². The van der Waals surface area contributed by atoms with E-state index in [0.29, 0.717) is 5.69 Å². The van der Waals surface area contributed by atoms with Crippen LogP contribution in [-0.2, 0) is 6.42 Å². The highest BCUT2D eigenvalue weighted by Crippen LogP contribution is 2.25. The lowest BCUT2D eigenvalue weighted by Crippen LogP contribution is -2.16. The third-order valence-electron chi connectivity index (χ3n) is 2.81. The Kier molecular flexibility index (Phi) is 5.55. The number of nitrogens with one attached hydrogen (secondary N) is 2. The van der Waals surface area contributed by atoms with Crippen molar-refractivity contribution in [2.45, 2.75) is 13.3 Å². The molecule has 0 atom stereocenters. The topological polar surface area (TPSA) is 74.2 Å². The number of nitrogens with zero attached hydrogens (tertiary/aromatic N) is 1. The minimum Gasteiger partial charge on any atom is -0.478 e. The molecule has 0 aliphatic rings. The minimum atomic E-state index is -1.05. The predicted octanol–water partition coefficient (Wildman–Crippen LogP) is 3.39. The standard InChI is InChI=1S/C14H16ClN3O2S/c1-2-16-6-5-10-8-21-14(18-10)17-9-3-4-12(15)11(7-9)13(19)20/h3-4,7-8,16H,2,5-6H2,1H3,(H,17,18)(H,19,20). The van der Waals surface area contributed by atoms with E-state index >= 15 is 0 Å². The van der Waals surface area contributed by atoms with Crippen LogP contribution in [0.15, 0.2) is 23.6 Å². The lowest BCUT2D eigenvalue weighted by atomic mass is 10.2. The Hall–Kier alpha value is -1.63. The largest absolute Gasteiger partial charge is 0.478 e. The fourth-order valence-corrected chi connectivity index (χ4v) is 2.73. The number of aromatic carboxylic acids is 1. The van der Waals surface area contributed by atoms with Crippen molar-refractivity contribution < 1.29 is 9.90 Å². The van der Waals surface area contributed by atoms with Gasteiger partial charge in [0, 0.05) is 24.0 Å². The minimum absolute atomic E-state index is 0.0746. The molecule has 0 aliphatic heterocycles. The van der Waals surface area contributed by atoms with Crippen LogP contribution in [0.2, 0.25) is 5.02 Å². The number of aromatic nitrogens is 1. The maximum Gasteiger partial charge on any atom is 0.337 e. The van der Waals surface area contributed by atoms with Crippen molar-refractivity contribution in [3.05, 3.63) is 39.9 Å². The molecule has 0 saturated carbocycles. The first-order chi connectivity index (χ1) is 10.1. The molecule has 0 unspecified atom stereocenters. The summed E-state index contributed by atoms with van der Waals surface area (Å²) < 4.78 is 0. The molecule has 0 amide bonds. The van der Waals surface area contributed by atoms with E-state index in [1.807, 2.05) is 5.38 Å². The Morgan fingerprint density at radius 1 is 1.48 bits per heavy atom. The fraction of sp³-hybridized carbons (Fsp3) is 0.286. The number of likely N-dealkylation sites (N-methyl/N-ethyl adjacent to an activating group) is 1. The van der Waals surface area contributed by atoms with E-state index in [-0.39, 0.29) is 10.6 Å². The van der Waals surface area contributed by atoms with Crippen LogP contribution in [0, 0.1) is 0 Å². The van der Waals surface area contributed by atoms with Crippen LogP contribution in [-0.4, -0.2) is 29.1 Å². The van der Waals surface area contributed by atoms with Crippen molar-refractivity contribution in [1.29, 1.82) is 0 Å². The second kappa shape index (κ2) is 7.40. The third-order valence-corrected chi connectivity index (χ3v) is 3.94. The molecule has 0 spiro atoms. The molecule has 0 bridgehead atoms. The molecule has 0 fully saturated rings. The number of benzene rings is 1. The second-order valence-electron chi connectivity index (χ2n) is 4.37. The van der Waals surface area contributed by atoms with Gasteiger partial charge in [-0.25, -0.2) is 9.78 Å². The maximum absolute atomic E-state index is 11.0. The molecule has 5 nitrogen and oxygen atoms in total. The Morgan fingerprint density at radius 2 is 2.29 bits per heavy atom. The van der Waals surface area contributed by atoms with E-state index in [4.69, 9.17) is 16.7 Å². The van der Waals surface area contributed by atoms with Crippen molar-refractivity contribution in [1.82, 2.24) is 10.3 Å². The number of anilines is 2. The number of hydrogen-bond donors (Lipinski definition) is 3. The summed E-state index contributed by atoms with van der Waals surface area (Å²) >= 11 is 7.33. The smallest absolute Gasteiger partial charge is 0.337 e. The zero-order valence-corrected chi connectivity index (χ0v) is 13.1. The normalized spacial score (nSPS) is 10.6. The van der Waals surface area contributed by atoms with Gasteiger partial charge in [0.1, 0.15) is 0 Å². The van der Waals surface area contributed by atoms with E-state index in [1.165, 1.54) is 17.4 Å². The molecule has 2 aromatic rings. The molecule has 1 aromatic carbocycles. The highest BCUT2D eigenvalue weighted by molar-refractivity contribution is 7.13. The van der Waals surface area contributed by atoms with Gasteiger partial charge >= 0.3 is 5.97 Å². The summed E-state index contributed by atoms with van der Waals surface area (Å²) in [5.41, 5.74) is 1.74. The van der Waals surface area contributed by atoms with E-state index < -0.39 is 5.97 Å². The lowest BCUT2D eigenvalue weighted by Gasteiger charge is -2.05. The number of carbonyl (C=O) groups is 1. The summed E-state index contributed by atoms with van der Waals surface area (Å²) in [5, 5.41) is 18.3. The molecular weight excluding hydrogens is 310 g/mol. The molecule has 21 heavy (non-hydrogen) atoms. The fourth-order valence-electron chi connectivity index (χ4n) is 1.76. The number of thiazole rings is 1. The maximum atomic E-state index is 11.0. The van der Waals surface area contributed by atoms with E-state index in [1.54, 1.807) is 12.1 Å². The average Bonchev–Trinajstić information content (AvgIpc) is 2.88. The van der Waals surface area contributed by atoms with Crippen LogP contribution in [0.1, 0.15) is 23.0 Å². The molecule has 7 heteroatoms. The summed E-state index contributed by atoms with van der Waals surface area (Å²) in [5.74, 6) is -1.05. The Labute approximate surface area is 132 Å². The number of rotatable bonds is 7. The van der Waals surface area contributed by atoms with Gasteiger partial charge in [-0.2, -0.15) is 0 Å². The number of hydrogen-bond acceptors (Lipinski definition) is 5. The van der Waals surface area contributed by atoms with Crippen LogP contribution >= 0.6 is 22.9 Å². The Balaban J connectivity index is 2.05. The lowest BCUT2D eigenvalue weighted by molar-refractivity contribution is 0.0697. The van der Waals surface area contributed by atoms with Crippen molar-refractivity contribution in [2.24, 2.45) is 0 Å². The molecule has 2 rings (SSSR count). The van der Waals surface area contributed by atoms with Gasteiger partial charge in [0.25, 0.3) is 0 Å². The zero-order valence-electron chi connectivity index (χ0n) is 11.5. The van der Waals surface area contributed by atoms with Crippen molar-refractivity contribution in [2.75, 3.05) is 18.4 Å². The van der Waals surface area contributed by atoms with Gasteiger partial charge in [-0.05, 0) is 24.7 Å². The first-order valence-corrected chi connectivity index (χ1v) is 7.81. The Morgan fingerprint density at radius 3 is 3.00 bits per heavy atom. The van der Waals surface area contributed by atoms with Crippen LogP contribution in [0.25, 0.3) is 0 Å². The highest BCUT2D eigenvalue weighted by Gasteiger charge is 2.10. The van der Waals surface area contributed by atoms with Crippen molar-refractivity contribution >= 4 is 39.7 Å². The summed E-state index contributed by atoms with van der Waals surface area (Å²) in [6.07, 6.45) is 0.868. The second-order valence-corrected chi connectivity index (χ2v) is 5.64. The molecular formula is C14H16ClN3O2S. The van der Waals surface area contributed by atoms with E-state index in [9.17, 15) is 4.79 Å². The quantitative estimate of drug-likeness (QED) is 0.680. The SMILES string of the molecule is CCNCCc1csc(Nc2ccc(Cl)c(C(=O)O)c2)n1. The van der Waals surface area contributed by atoms with Gasteiger partial charge in [-0.15, -0.1) is 11.3 Å². The van der Waals surface area contributed by atoms with Crippen molar-refractivity contribution in [3.63, 3.8) is 0 Å². The monoisotopic (exact) mass is 325 g/mol. The number of carboxylic acids is 1. The van der Waals surface area contributed by atoms with Gasteiger partial charge in [0.05, 0.1) is 16.3 Å². The van der Waals surface area contributed by atoms with Gasteiger partial charge in [0.2, 0.25) is 0 Å². The molecule has 0 saturated heterocycles.